The Labute approximate surface area is 177 Å². The fraction of sp³-hybridized carbons (Fsp3) is 0.125. The van der Waals surface area contributed by atoms with Gasteiger partial charge in [-0.1, -0.05) is 72.8 Å². The number of thioether (sulfide) groups is 1. The summed E-state index contributed by atoms with van der Waals surface area (Å²) in [7, 11) is 0. The number of nitrogens with zero attached hydrogens (tertiary/aromatic N) is 2. The van der Waals surface area contributed by atoms with Crippen LogP contribution in [0.4, 0.5) is 5.69 Å². The second-order valence-electron chi connectivity index (χ2n) is 7.25. The Kier molecular flexibility index (Phi) is 4.64. The average Bonchev–Trinajstić information content (AvgIpc) is 3.25. The summed E-state index contributed by atoms with van der Waals surface area (Å²) in [6, 6.07) is 23.6. The van der Waals surface area contributed by atoms with E-state index in [1.807, 2.05) is 72.8 Å². The molecular weight excluding hydrogens is 396 g/mol. The molecule has 0 saturated heterocycles. The molecule has 5 rings (SSSR count). The molecule has 0 aliphatic carbocycles. The van der Waals surface area contributed by atoms with Crippen LogP contribution in [0, 0.1) is 10.1 Å². The van der Waals surface area contributed by atoms with Crippen molar-refractivity contribution in [1.29, 1.82) is 0 Å². The Morgan fingerprint density at radius 3 is 2.50 bits per heavy atom. The first kappa shape index (κ1) is 18.6. The summed E-state index contributed by atoms with van der Waals surface area (Å²) in [5.41, 5.74) is 2.35. The lowest BCUT2D eigenvalue weighted by atomic mass is 9.92. The molecule has 30 heavy (non-hydrogen) atoms. The van der Waals surface area contributed by atoms with Gasteiger partial charge in [0.05, 0.1) is 15.5 Å². The van der Waals surface area contributed by atoms with Gasteiger partial charge in [-0.25, -0.2) is 0 Å². The van der Waals surface area contributed by atoms with E-state index in [0.29, 0.717) is 18.5 Å². The normalized spacial score (nSPS) is 12.8. The maximum absolute atomic E-state index is 13.1. The molecule has 0 radical (unpaired) electrons. The summed E-state index contributed by atoms with van der Waals surface area (Å²) in [5.74, 6) is 0.740. The minimum Gasteiger partial charge on any atom is -0.296 e. The second kappa shape index (κ2) is 7.46. The van der Waals surface area contributed by atoms with Crippen molar-refractivity contribution >= 4 is 28.2 Å². The van der Waals surface area contributed by atoms with Crippen molar-refractivity contribution in [3.05, 3.63) is 104 Å². The molecule has 5 nitrogen and oxygen atoms in total. The van der Waals surface area contributed by atoms with Crippen molar-refractivity contribution in [2.24, 2.45) is 0 Å². The first-order valence-corrected chi connectivity index (χ1v) is 10.7. The molecule has 1 aromatic heterocycles. The zero-order valence-electron chi connectivity index (χ0n) is 16.1. The molecule has 0 unspecified atom stereocenters. The van der Waals surface area contributed by atoms with Crippen LogP contribution >= 0.6 is 11.8 Å². The van der Waals surface area contributed by atoms with Gasteiger partial charge in [0.25, 0.3) is 0 Å². The molecule has 2 heterocycles. The van der Waals surface area contributed by atoms with Crippen molar-refractivity contribution in [3.63, 3.8) is 0 Å². The van der Waals surface area contributed by atoms with E-state index in [0.717, 1.165) is 38.2 Å². The van der Waals surface area contributed by atoms with Gasteiger partial charge in [0.2, 0.25) is 0 Å². The number of aromatic nitrogens is 1. The van der Waals surface area contributed by atoms with E-state index in [1.165, 1.54) is 0 Å². The third-order valence-corrected chi connectivity index (χ3v) is 6.62. The smallest absolute Gasteiger partial charge is 0.296 e. The molecule has 0 amide bonds. The first-order chi connectivity index (χ1) is 14.6. The van der Waals surface area contributed by atoms with Gasteiger partial charge in [-0.15, -0.1) is 11.8 Å². The molecule has 1 aliphatic heterocycles. The van der Waals surface area contributed by atoms with Crippen LogP contribution in [-0.4, -0.2) is 15.2 Å². The van der Waals surface area contributed by atoms with Crippen LogP contribution in [0.5, 0.6) is 0 Å². The minimum atomic E-state index is -0.508. The molecular formula is C24H18N2O3S. The molecule has 148 valence electrons. The van der Waals surface area contributed by atoms with Crippen LogP contribution < -0.4 is 5.56 Å². The van der Waals surface area contributed by atoms with E-state index in [-0.39, 0.29) is 5.69 Å². The third kappa shape index (κ3) is 3.00. The zero-order valence-corrected chi connectivity index (χ0v) is 16.9. The molecule has 3 aromatic carbocycles. The SMILES string of the molecule is O=c1c([N+](=O)[O-])c(Cc2cccc3ccccc23)c(-c2ccccc2)c2n1CCS2. The van der Waals surface area contributed by atoms with Crippen LogP contribution in [-0.2, 0) is 13.0 Å². The molecule has 4 aromatic rings. The number of nitro groups is 1. The molecule has 1 aliphatic rings. The number of fused-ring (bicyclic) bond motifs is 2. The van der Waals surface area contributed by atoms with Gasteiger partial charge in [-0.05, 0) is 21.9 Å². The maximum atomic E-state index is 13.1. The van der Waals surface area contributed by atoms with Crippen molar-refractivity contribution < 1.29 is 4.92 Å². The van der Waals surface area contributed by atoms with E-state index in [1.54, 1.807) is 16.3 Å². The molecule has 0 atom stereocenters. The van der Waals surface area contributed by atoms with E-state index in [2.05, 4.69) is 0 Å². The summed E-state index contributed by atoms with van der Waals surface area (Å²) in [6.07, 6.45) is 0.325. The van der Waals surface area contributed by atoms with E-state index >= 15 is 0 Å². The second-order valence-corrected chi connectivity index (χ2v) is 8.33. The number of hydrogen-bond donors (Lipinski definition) is 0. The molecule has 0 fully saturated rings. The molecule has 0 N–H and O–H groups in total. The Morgan fingerprint density at radius 2 is 1.70 bits per heavy atom. The fourth-order valence-corrected chi connectivity index (χ4v) is 5.40. The summed E-state index contributed by atoms with van der Waals surface area (Å²) in [5, 5.41) is 15.0. The molecule has 6 heteroatoms. The highest BCUT2D eigenvalue weighted by atomic mass is 32.2. The topological polar surface area (TPSA) is 65.1 Å². The number of hydrogen-bond acceptors (Lipinski definition) is 4. The van der Waals surface area contributed by atoms with Gasteiger partial charge in [-0.3, -0.25) is 19.5 Å². The Bertz CT molecular complexity index is 1340. The lowest BCUT2D eigenvalue weighted by molar-refractivity contribution is -0.387. The average molecular weight is 414 g/mol. The van der Waals surface area contributed by atoms with Gasteiger partial charge < -0.3 is 0 Å². The zero-order chi connectivity index (χ0) is 20.7. The summed E-state index contributed by atoms with van der Waals surface area (Å²) >= 11 is 1.59. The largest absolute Gasteiger partial charge is 0.338 e. The van der Waals surface area contributed by atoms with Crippen LogP contribution in [0.3, 0.4) is 0 Å². The van der Waals surface area contributed by atoms with Crippen molar-refractivity contribution in [2.75, 3.05) is 5.75 Å². The quantitative estimate of drug-likeness (QED) is 0.337. The fourth-order valence-electron chi connectivity index (χ4n) is 4.22. The Balaban J connectivity index is 1.83. The van der Waals surface area contributed by atoms with Crippen LogP contribution in [0.25, 0.3) is 21.9 Å². The lowest BCUT2D eigenvalue weighted by Gasteiger charge is -2.16. The van der Waals surface area contributed by atoms with E-state index in [4.69, 9.17) is 0 Å². The monoisotopic (exact) mass is 414 g/mol. The van der Waals surface area contributed by atoms with Gasteiger partial charge in [0.15, 0.2) is 0 Å². The summed E-state index contributed by atoms with van der Waals surface area (Å²) in [4.78, 5) is 24.6. The maximum Gasteiger partial charge on any atom is 0.338 e. The number of pyridine rings is 1. The van der Waals surface area contributed by atoms with E-state index in [9.17, 15) is 14.9 Å². The van der Waals surface area contributed by atoms with Crippen LogP contribution in [0.15, 0.2) is 82.6 Å². The van der Waals surface area contributed by atoms with Crippen molar-refractivity contribution in [3.8, 4) is 11.1 Å². The minimum absolute atomic E-state index is 0.312. The van der Waals surface area contributed by atoms with Gasteiger partial charge >= 0.3 is 11.2 Å². The summed E-state index contributed by atoms with van der Waals surface area (Å²) in [6.45, 7) is 0.494. The van der Waals surface area contributed by atoms with Gasteiger partial charge in [0.1, 0.15) is 0 Å². The van der Waals surface area contributed by atoms with Crippen molar-refractivity contribution in [2.45, 2.75) is 18.0 Å². The molecule has 0 bridgehead atoms. The molecule has 0 spiro atoms. The molecule has 0 saturated carbocycles. The highest BCUT2D eigenvalue weighted by molar-refractivity contribution is 7.99. The predicted molar refractivity (Wildman–Crippen MR) is 120 cm³/mol. The van der Waals surface area contributed by atoms with Gasteiger partial charge in [0, 0.05) is 24.3 Å². The van der Waals surface area contributed by atoms with Crippen molar-refractivity contribution in [1.82, 2.24) is 4.57 Å². The highest BCUT2D eigenvalue weighted by Crippen LogP contribution is 2.41. The third-order valence-electron chi connectivity index (χ3n) is 5.54. The Morgan fingerprint density at radius 1 is 0.967 bits per heavy atom. The van der Waals surface area contributed by atoms with E-state index < -0.39 is 10.5 Å². The van der Waals surface area contributed by atoms with Crippen LogP contribution in [0.2, 0.25) is 0 Å². The number of rotatable bonds is 4. The number of benzene rings is 3. The lowest BCUT2D eigenvalue weighted by Crippen LogP contribution is -2.25. The predicted octanol–water partition coefficient (Wildman–Crippen LogP) is 5.27. The first-order valence-electron chi connectivity index (χ1n) is 9.74. The standard InChI is InChI=1S/C24H18N2O3S/c27-23-22(26(28)29)20(15-18-11-6-10-16-7-4-5-12-19(16)18)21(17-8-2-1-3-9-17)24-25(23)13-14-30-24/h1-12H,13-15H2. The van der Waals surface area contributed by atoms with Crippen LogP contribution in [0.1, 0.15) is 11.1 Å². The Hall–Kier alpha value is -3.38. The van der Waals surface area contributed by atoms with Gasteiger partial charge in [-0.2, -0.15) is 0 Å². The highest BCUT2D eigenvalue weighted by Gasteiger charge is 2.32. The summed E-state index contributed by atoms with van der Waals surface area (Å²) < 4.78 is 1.57.